The molecule has 80 valence electrons. The van der Waals surface area contributed by atoms with Gasteiger partial charge in [0, 0.05) is 0 Å². The minimum absolute atomic E-state index is 0.287. The summed E-state index contributed by atoms with van der Waals surface area (Å²) in [5, 5.41) is 0. The summed E-state index contributed by atoms with van der Waals surface area (Å²) in [6, 6.07) is 8.99. The van der Waals surface area contributed by atoms with Gasteiger partial charge in [0.05, 0.1) is 4.32 Å². The van der Waals surface area contributed by atoms with Gasteiger partial charge < -0.3 is 0 Å². The van der Waals surface area contributed by atoms with Crippen LogP contribution < -0.4 is 0 Å². The van der Waals surface area contributed by atoms with Crippen molar-refractivity contribution in [3.8, 4) is 0 Å². The van der Waals surface area contributed by atoms with E-state index >= 15 is 0 Å². The molecule has 1 saturated carbocycles. The molecule has 0 aliphatic heterocycles. The van der Waals surface area contributed by atoms with Crippen LogP contribution in [0.5, 0.6) is 0 Å². The summed E-state index contributed by atoms with van der Waals surface area (Å²) in [5.74, 6) is 0. The van der Waals surface area contributed by atoms with Crippen LogP contribution in [0.1, 0.15) is 43.7 Å². The lowest BCUT2D eigenvalue weighted by Gasteiger charge is -2.49. The monoisotopic (exact) mass is 264 g/mol. The molecule has 0 nitrogen and oxygen atoms in total. The molecule has 0 aromatic heterocycles. The van der Waals surface area contributed by atoms with Crippen LogP contribution in [0.4, 0.5) is 0 Å². The summed E-state index contributed by atoms with van der Waals surface area (Å²) in [6.45, 7) is 2.46. The molecule has 0 amide bonds. The van der Waals surface area contributed by atoms with Crippen LogP contribution in [-0.4, -0.2) is 0 Å². The van der Waals surface area contributed by atoms with Gasteiger partial charge in [0.1, 0.15) is 0 Å². The van der Waals surface area contributed by atoms with E-state index in [2.05, 4.69) is 47.1 Å². The third-order valence-corrected chi connectivity index (χ3v) is 5.28. The third kappa shape index (κ3) is 1.47. The van der Waals surface area contributed by atoms with Crippen molar-refractivity contribution in [3.05, 3.63) is 35.4 Å². The Morgan fingerprint density at radius 1 is 1.20 bits per heavy atom. The molecule has 2 bridgehead atoms. The topological polar surface area (TPSA) is 0 Å². The Hall–Kier alpha value is -0.300. The zero-order chi connectivity index (χ0) is 10.5. The first kappa shape index (κ1) is 9.89. The predicted molar refractivity (Wildman–Crippen MR) is 67.3 cm³/mol. The van der Waals surface area contributed by atoms with Crippen molar-refractivity contribution in [2.45, 2.75) is 43.4 Å². The van der Waals surface area contributed by atoms with Gasteiger partial charge in [-0.3, -0.25) is 0 Å². The number of rotatable bonds is 0. The van der Waals surface area contributed by atoms with Crippen LogP contribution in [0.3, 0.4) is 0 Å². The fourth-order valence-electron chi connectivity index (χ4n) is 3.60. The van der Waals surface area contributed by atoms with Crippen molar-refractivity contribution >= 4 is 15.9 Å². The second-order valence-corrected chi connectivity index (χ2v) is 7.16. The van der Waals surface area contributed by atoms with Gasteiger partial charge in [-0.15, -0.1) is 0 Å². The smallest absolute Gasteiger partial charge is 0.0514 e. The summed E-state index contributed by atoms with van der Waals surface area (Å²) in [7, 11) is 0. The van der Waals surface area contributed by atoms with Gasteiger partial charge in [-0.25, -0.2) is 0 Å². The summed E-state index contributed by atoms with van der Waals surface area (Å²) < 4.78 is 0.287. The number of halogens is 1. The molecule has 0 heterocycles. The van der Waals surface area contributed by atoms with E-state index in [0.717, 1.165) is 0 Å². The molecule has 2 unspecified atom stereocenters. The highest BCUT2D eigenvalue weighted by atomic mass is 79.9. The van der Waals surface area contributed by atoms with Crippen molar-refractivity contribution < 1.29 is 0 Å². The zero-order valence-corrected chi connectivity index (χ0v) is 10.8. The number of hydrogen-bond donors (Lipinski definition) is 0. The lowest BCUT2D eigenvalue weighted by Crippen LogP contribution is -2.40. The van der Waals surface area contributed by atoms with Crippen LogP contribution in [0.2, 0.25) is 0 Å². The van der Waals surface area contributed by atoms with Crippen molar-refractivity contribution in [1.82, 2.24) is 0 Å². The summed E-state index contributed by atoms with van der Waals surface area (Å²) in [6.07, 6.45) is 6.66. The lowest BCUT2D eigenvalue weighted by molar-refractivity contribution is 0.163. The fraction of sp³-hybridized carbons (Fsp3) is 0.571. The van der Waals surface area contributed by atoms with E-state index in [1.165, 1.54) is 32.1 Å². The molecule has 2 atom stereocenters. The second kappa shape index (κ2) is 3.10. The van der Waals surface area contributed by atoms with Gasteiger partial charge in [0.25, 0.3) is 0 Å². The molecular weight excluding hydrogens is 248 g/mol. The third-order valence-electron chi connectivity index (χ3n) is 4.18. The largest absolute Gasteiger partial charge is 0.0801 e. The summed E-state index contributed by atoms with van der Waals surface area (Å²) >= 11 is 4.02. The minimum Gasteiger partial charge on any atom is -0.0801 e. The Bertz CT molecular complexity index is 398. The number of hydrogen-bond acceptors (Lipinski definition) is 0. The molecule has 15 heavy (non-hydrogen) atoms. The maximum absolute atomic E-state index is 4.02. The van der Waals surface area contributed by atoms with E-state index in [9.17, 15) is 0 Å². The quantitative estimate of drug-likeness (QED) is 0.609. The van der Waals surface area contributed by atoms with Gasteiger partial charge in [0.15, 0.2) is 0 Å². The molecule has 2 aliphatic rings. The van der Waals surface area contributed by atoms with Crippen LogP contribution in [-0.2, 0) is 10.7 Å². The van der Waals surface area contributed by atoms with Crippen LogP contribution in [0.15, 0.2) is 24.3 Å². The van der Waals surface area contributed by atoms with E-state index in [1.54, 1.807) is 11.1 Å². The fourth-order valence-corrected chi connectivity index (χ4v) is 4.94. The maximum Gasteiger partial charge on any atom is 0.0514 e. The van der Waals surface area contributed by atoms with Gasteiger partial charge in [0.2, 0.25) is 0 Å². The predicted octanol–water partition coefficient (Wildman–Crippen LogP) is 4.41. The Kier molecular flexibility index (Phi) is 2.04. The first-order valence-corrected chi connectivity index (χ1v) is 6.68. The highest BCUT2D eigenvalue weighted by molar-refractivity contribution is 9.09. The van der Waals surface area contributed by atoms with E-state index in [0.29, 0.717) is 5.41 Å². The van der Waals surface area contributed by atoms with Crippen molar-refractivity contribution in [2.24, 2.45) is 5.41 Å². The second-order valence-electron chi connectivity index (χ2n) is 5.64. The van der Waals surface area contributed by atoms with E-state index in [-0.39, 0.29) is 4.32 Å². The molecule has 2 aliphatic carbocycles. The molecule has 0 N–H and O–H groups in total. The van der Waals surface area contributed by atoms with Crippen LogP contribution in [0, 0.1) is 5.41 Å². The summed E-state index contributed by atoms with van der Waals surface area (Å²) in [5.41, 5.74) is 3.67. The molecule has 1 aromatic carbocycles. The van der Waals surface area contributed by atoms with E-state index in [1.807, 2.05) is 0 Å². The number of alkyl halides is 1. The molecular formula is C14H17Br. The number of fused-ring (bicyclic) bond motifs is 4. The SMILES string of the molecule is CC12CCCC(Br)(C1)c1ccccc1C2. The Balaban J connectivity index is 2.16. The first-order chi connectivity index (χ1) is 7.11. The molecule has 0 radical (unpaired) electrons. The van der Waals surface area contributed by atoms with Gasteiger partial charge in [-0.1, -0.05) is 53.5 Å². The van der Waals surface area contributed by atoms with Crippen LogP contribution in [0.25, 0.3) is 0 Å². The normalized spacial score (nSPS) is 38.5. The zero-order valence-electron chi connectivity index (χ0n) is 9.22. The minimum atomic E-state index is 0.287. The van der Waals surface area contributed by atoms with Gasteiger partial charge in [-0.2, -0.15) is 0 Å². The Labute approximate surface area is 100 Å². The van der Waals surface area contributed by atoms with Crippen molar-refractivity contribution in [3.63, 3.8) is 0 Å². The van der Waals surface area contributed by atoms with Gasteiger partial charge in [-0.05, 0) is 42.2 Å². The average Bonchev–Trinajstić information content (AvgIpc) is 2.16. The lowest BCUT2D eigenvalue weighted by atomic mass is 9.61. The van der Waals surface area contributed by atoms with Crippen molar-refractivity contribution in [2.75, 3.05) is 0 Å². The Morgan fingerprint density at radius 3 is 2.87 bits per heavy atom. The van der Waals surface area contributed by atoms with Gasteiger partial charge >= 0.3 is 0 Å². The first-order valence-electron chi connectivity index (χ1n) is 5.89. The molecule has 1 heteroatoms. The molecule has 0 spiro atoms. The Morgan fingerprint density at radius 2 is 2.00 bits per heavy atom. The van der Waals surface area contributed by atoms with Crippen molar-refractivity contribution in [1.29, 1.82) is 0 Å². The van der Waals surface area contributed by atoms with Crippen LogP contribution >= 0.6 is 15.9 Å². The molecule has 3 rings (SSSR count). The number of benzene rings is 1. The standard InChI is InChI=1S/C14H17Br/c1-13-7-4-8-14(15,10-13)12-6-3-2-5-11(12)9-13/h2-3,5-6H,4,7-10H2,1H3. The highest BCUT2D eigenvalue weighted by Gasteiger charge is 2.46. The molecule has 0 saturated heterocycles. The molecule has 1 fully saturated rings. The maximum atomic E-state index is 4.02. The van der Waals surface area contributed by atoms with E-state index < -0.39 is 0 Å². The molecule has 1 aromatic rings. The summed E-state index contributed by atoms with van der Waals surface area (Å²) in [4.78, 5) is 0. The average molecular weight is 265 g/mol. The van der Waals surface area contributed by atoms with E-state index in [4.69, 9.17) is 0 Å². The highest BCUT2D eigenvalue weighted by Crippen LogP contribution is 2.57.